The van der Waals surface area contributed by atoms with Crippen molar-refractivity contribution >= 4 is 15.7 Å². The average molecular weight is 363 g/mol. The zero-order valence-corrected chi connectivity index (χ0v) is 14.7. The van der Waals surface area contributed by atoms with Crippen LogP contribution in [0.5, 0.6) is 0 Å². The molecule has 1 fully saturated rings. The molecule has 0 saturated heterocycles. The number of nitrogens with zero attached hydrogens (tertiary/aromatic N) is 4. The highest BCUT2D eigenvalue weighted by atomic mass is 32.2. The van der Waals surface area contributed by atoms with Gasteiger partial charge in [0.25, 0.3) is 0 Å². The summed E-state index contributed by atoms with van der Waals surface area (Å²) in [5, 5.41) is 6.47. The molecule has 2 aromatic heterocycles. The van der Waals surface area contributed by atoms with Gasteiger partial charge in [-0.15, -0.1) is 0 Å². The van der Waals surface area contributed by atoms with Gasteiger partial charge in [0.2, 0.25) is 5.91 Å². The molecule has 9 heteroatoms. The molecule has 8 nitrogen and oxygen atoms in total. The Balaban J connectivity index is 1.46. The Bertz CT molecular complexity index is 797. The van der Waals surface area contributed by atoms with Crippen LogP contribution in [0.1, 0.15) is 37.7 Å². The largest absolute Gasteiger partial charge is 0.352 e. The maximum atomic E-state index is 12.2. The summed E-state index contributed by atoms with van der Waals surface area (Å²) in [5.41, 5.74) is 0.830. The van der Waals surface area contributed by atoms with E-state index >= 15 is 0 Å². The third kappa shape index (κ3) is 4.62. The summed E-state index contributed by atoms with van der Waals surface area (Å²) >= 11 is 0. The molecule has 1 N–H and O–H groups in total. The second kappa shape index (κ2) is 7.73. The minimum Gasteiger partial charge on any atom is -0.352 e. The Morgan fingerprint density at radius 2 is 2.08 bits per heavy atom. The fraction of sp³-hybridized carbons (Fsp3) is 0.500. The standard InChI is InChI=1S/C16H21N5O3S/c22-16(7-8-25(23,24)14-3-1-2-4-14)19-10-13-5-6-15(18-9-13)21-12-17-11-20-21/h5-6,9,11-12,14H,1-4,7-8,10H2,(H,19,22). The van der Waals surface area contributed by atoms with Gasteiger partial charge in [-0.3, -0.25) is 4.79 Å². The van der Waals surface area contributed by atoms with E-state index in [1.807, 2.05) is 6.07 Å². The van der Waals surface area contributed by atoms with Gasteiger partial charge in [-0.25, -0.2) is 23.1 Å². The number of nitrogens with one attached hydrogen (secondary N) is 1. The third-order valence-electron chi connectivity index (χ3n) is 4.38. The maximum absolute atomic E-state index is 12.2. The molecule has 25 heavy (non-hydrogen) atoms. The number of rotatable bonds is 7. The fourth-order valence-corrected chi connectivity index (χ4v) is 4.78. The second-order valence-corrected chi connectivity index (χ2v) is 8.57. The number of amides is 1. The van der Waals surface area contributed by atoms with Gasteiger partial charge in [0.1, 0.15) is 12.7 Å². The third-order valence-corrected chi connectivity index (χ3v) is 6.64. The Kier molecular flexibility index (Phi) is 5.42. The molecule has 1 aliphatic rings. The zero-order valence-electron chi connectivity index (χ0n) is 13.8. The van der Waals surface area contributed by atoms with Gasteiger partial charge >= 0.3 is 0 Å². The van der Waals surface area contributed by atoms with E-state index in [-0.39, 0.29) is 23.3 Å². The van der Waals surface area contributed by atoms with Crippen LogP contribution in [0.3, 0.4) is 0 Å². The maximum Gasteiger partial charge on any atom is 0.221 e. The van der Waals surface area contributed by atoms with Crippen molar-refractivity contribution in [3.63, 3.8) is 0 Å². The highest BCUT2D eigenvalue weighted by molar-refractivity contribution is 7.92. The smallest absolute Gasteiger partial charge is 0.221 e. The molecular formula is C16H21N5O3S. The van der Waals surface area contributed by atoms with Crippen molar-refractivity contribution in [1.29, 1.82) is 0 Å². The lowest BCUT2D eigenvalue weighted by molar-refractivity contribution is -0.120. The molecule has 0 radical (unpaired) electrons. The normalized spacial score (nSPS) is 15.4. The molecule has 3 rings (SSSR count). The monoisotopic (exact) mass is 363 g/mol. The van der Waals surface area contributed by atoms with Crippen LogP contribution in [0.15, 0.2) is 31.0 Å². The minimum absolute atomic E-state index is 0.00328. The second-order valence-electron chi connectivity index (χ2n) is 6.16. The van der Waals surface area contributed by atoms with E-state index in [0.717, 1.165) is 31.2 Å². The SMILES string of the molecule is O=C(CCS(=O)(=O)C1CCCC1)NCc1ccc(-n2cncn2)nc1. The van der Waals surface area contributed by atoms with Gasteiger partial charge < -0.3 is 5.32 Å². The molecule has 0 bridgehead atoms. The van der Waals surface area contributed by atoms with Crippen molar-refractivity contribution in [3.05, 3.63) is 36.5 Å². The average Bonchev–Trinajstić information content (AvgIpc) is 3.32. The summed E-state index contributed by atoms with van der Waals surface area (Å²) in [6, 6.07) is 3.61. The molecule has 1 saturated carbocycles. The van der Waals surface area contributed by atoms with E-state index in [9.17, 15) is 13.2 Å². The number of carbonyl (C=O) groups is 1. The summed E-state index contributed by atoms with van der Waals surface area (Å²) in [4.78, 5) is 20.0. The van der Waals surface area contributed by atoms with Crippen LogP contribution in [0.4, 0.5) is 0 Å². The molecule has 2 aromatic rings. The van der Waals surface area contributed by atoms with E-state index in [1.54, 1.807) is 18.6 Å². The Morgan fingerprint density at radius 1 is 1.28 bits per heavy atom. The predicted octanol–water partition coefficient (Wildman–Crippen LogP) is 1.03. The molecular weight excluding hydrogens is 342 g/mol. The van der Waals surface area contributed by atoms with Crippen LogP contribution < -0.4 is 5.32 Å². The molecule has 0 spiro atoms. The van der Waals surface area contributed by atoms with Crippen molar-refractivity contribution in [2.45, 2.75) is 43.9 Å². The van der Waals surface area contributed by atoms with Crippen molar-refractivity contribution in [1.82, 2.24) is 25.1 Å². The van der Waals surface area contributed by atoms with Gasteiger partial charge in [-0.1, -0.05) is 18.9 Å². The minimum atomic E-state index is -3.16. The van der Waals surface area contributed by atoms with Crippen LogP contribution >= 0.6 is 0 Å². The van der Waals surface area contributed by atoms with Crippen LogP contribution in [0.2, 0.25) is 0 Å². The van der Waals surface area contributed by atoms with E-state index < -0.39 is 9.84 Å². The highest BCUT2D eigenvalue weighted by Crippen LogP contribution is 2.25. The lowest BCUT2D eigenvalue weighted by Gasteiger charge is -2.11. The molecule has 134 valence electrons. The molecule has 1 aliphatic carbocycles. The van der Waals surface area contributed by atoms with E-state index in [0.29, 0.717) is 12.4 Å². The molecule has 2 heterocycles. The molecule has 0 aliphatic heterocycles. The topological polar surface area (TPSA) is 107 Å². The van der Waals surface area contributed by atoms with Crippen molar-refractivity contribution in [3.8, 4) is 5.82 Å². The van der Waals surface area contributed by atoms with Crippen LogP contribution in [0.25, 0.3) is 5.82 Å². The molecule has 0 atom stereocenters. The first-order valence-corrected chi connectivity index (χ1v) is 10.0. The number of carbonyl (C=O) groups excluding carboxylic acids is 1. The first-order valence-electron chi connectivity index (χ1n) is 8.33. The van der Waals surface area contributed by atoms with E-state index in [2.05, 4.69) is 20.4 Å². The fourth-order valence-electron chi connectivity index (χ4n) is 2.92. The first-order chi connectivity index (χ1) is 12.0. The summed E-state index contributed by atoms with van der Waals surface area (Å²) in [6.45, 7) is 0.312. The first kappa shape index (κ1) is 17.5. The van der Waals surface area contributed by atoms with Gasteiger partial charge in [0.15, 0.2) is 15.7 Å². The lowest BCUT2D eigenvalue weighted by atomic mass is 10.3. The van der Waals surface area contributed by atoms with Crippen LogP contribution in [0, 0.1) is 0 Å². The summed E-state index contributed by atoms with van der Waals surface area (Å²) in [6.07, 6.45) is 8.02. The number of pyridine rings is 1. The van der Waals surface area contributed by atoms with Gasteiger partial charge in [-0.05, 0) is 24.5 Å². The number of hydrogen-bond acceptors (Lipinski definition) is 6. The molecule has 1 amide bonds. The van der Waals surface area contributed by atoms with Crippen molar-refractivity contribution < 1.29 is 13.2 Å². The quantitative estimate of drug-likeness (QED) is 0.787. The summed E-state index contributed by atoms with van der Waals surface area (Å²) in [7, 11) is -3.16. The number of hydrogen-bond donors (Lipinski definition) is 1. The Hall–Kier alpha value is -2.29. The Morgan fingerprint density at radius 3 is 2.72 bits per heavy atom. The summed E-state index contributed by atoms with van der Waals surface area (Å²) in [5.74, 6) is 0.296. The van der Waals surface area contributed by atoms with Crippen molar-refractivity contribution in [2.24, 2.45) is 0 Å². The van der Waals surface area contributed by atoms with Crippen molar-refractivity contribution in [2.75, 3.05) is 5.75 Å². The lowest BCUT2D eigenvalue weighted by Crippen LogP contribution is -2.28. The predicted molar refractivity (Wildman–Crippen MR) is 91.7 cm³/mol. The number of aromatic nitrogens is 4. The highest BCUT2D eigenvalue weighted by Gasteiger charge is 2.28. The van der Waals surface area contributed by atoms with Gasteiger partial charge in [0.05, 0.1) is 11.0 Å². The van der Waals surface area contributed by atoms with Crippen LogP contribution in [-0.2, 0) is 21.2 Å². The summed E-state index contributed by atoms with van der Waals surface area (Å²) < 4.78 is 25.9. The van der Waals surface area contributed by atoms with Gasteiger partial charge in [-0.2, -0.15) is 5.10 Å². The van der Waals surface area contributed by atoms with Crippen LogP contribution in [-0.4, -0.2) is 45.1 Å². The van der Waals surface area contributed by atoms with E-state index in [1.165, 1.54) is 11.0 Å². The molecule has 0 aromatic carbocycles. The number of sulfone groups is 1. The Labute approximate surface area is 146 Å². The van der Waals surface area contributed by atoms with E-state index in [4.69, 9.17) is 0 Å². The van der Waals surface area contributed by atoms with Gasteiger partial charge in [0, 0.05) is 19.2 Å². The zero-order chi connectivity index (χ0) is 17.7. The molecule has 0 unspecified atom stereocenters.